The normalized spacial score (nSPS) is 25.9. The van der Waals surface area contributed by atoms with Crippen molar-refractivity contribution in [3.63, 3.8) is 0 Å². The Morgan fingerprint density at radius 1 is 0.714 bits per heavy atom. The minimum atomic E-state index is -1.59. The number of carbonyl (C=O) groups excluding carboxylic acids is 3. The molecule has 2 aliphatic rings. The van der Waals surface area contributed by atoms with Gasteiger partial charge in [0.15, 0.2) is 5.41 Å². The van der Waals surface area contributed by atoms with Gasteiger partial charge in [-0.3, -0.25) is 14.4 Å². The molecule has 1 saturated heterocycles. The summed E-state index contributed by atoms with van der Waals surface area (Å²) in [7, 11) is 0. The van der Waals surface area contributed by atoms with Gasteiger partial charge in [-0.1, -0.05) is 60.7 Å². The van der Waals surface area contributed by atoms with Crippen molar-refractivity contribution >= 4 is 17.7 Å². The van der Waals surface area contributed by atoms with Crippen LogP contribution >= 0.6 is 0 Å². The first-order chi connectivity index (χ1) is 13.3. The molecular formula is C23H22O5. The molecule has 0 aromatic heterocycles. The van der Waals surface area contributed by atoms with Crippen molar-refractivity contribution in [3.8, 4) is 0 Å². The third kappa shape index (κ3) is 2.82. The predicted octanol–water partition coefficient (Wildman–Crippen LogP) is 3.74. The quantitative estimate of drug-likeness (QED) is 0.588. The minimum Gasteiger partial charge on any atom is -0.422 e. The van der Waals surface area contributed by atoms with E-state index in [2.05, 4.69) is 0 Å². The van der Waals surface area contributed by atoms with Crippen LogP contribution in [0.25, 0.3) is 0 Å². The van der Waals surface area contributed by atoms with Crippen LogP contribution in [0.4, 0.5) is 0 Å². The highest BCUT2D eigenvalue weighted by Gasteiger charge is 2.67. The Hall–Kier alpha value is -2.95. The third-order valence-electron chi connectivity index (χ3n) is 5.72. The zero-order chi connectivity index (χ0) is 19.9. The van der Waals surface area contributed by atoms with E-state index in [1.807, 2.05) is 60.7 Å². The van der Waals surface area contributed by atoms with Crippen LogP contribution in [0.15, 0.2) is 60.7 Å². The summed E-state index contributed by atoms with van der Waals surface area (Å²) in [4.78, 5) is 39.6. The van der Waals surface area contributed by atoms with Gasteiger partial charge in [0.25, 0.3) is 5.79 Å². The van der Waals surface area contributed by atoms with Crippen LogP contribution in [0.1, 0.15) is 49.7 Å². The van der Waals surface area contributed by atoms with E-state index in [0.717, 1.165) is 11.1 Å². The number of ether oxygens (including phenoxy) is 2. The maximum absolute atomic E-state index is 13.4. The number of ketones is 1. The van der Waals surface area contributed by atoms with Crippen LogP contribution in [-0.2, 0) is 23.9 Å². The lowest BCUT2D eigenvalue weighted by Gasteiger charge is -2.49. The molecule has 2 fully saturated rings. The first kappa shape index (κ1) is 18.4. The van der Waals surface area contributed by atoms with Gasteiger partial charge in [-0.2, -0.15) is 0 Å². The summed E-state index contributed by atoms with van der Waals surface area (Å²) < 4.78 is 11.2. The predicted molar refractivity (Wildman–Crippen MR) is 101 cm³/mol. The zero-order valence-electron chi connectivity index (χ0n) is 15.9. The lowest BCUT2D eigenvalue weighted by molar-refractivity contribution is -0.256. The number of esters is 2. The molecular weight excluding hydrogens is 356 g/mol. The summed E-state index contributed by atoms with van der Waals surface area (Å²) >= 11 is 0. The molecule has 1 spiro atoms. The fourth-order valence-corrected chi connectivity index (χ4v) is 4.52. The Kier molecular flexibility index (Phi) is 4.33. The molecule has 0 N–H and O–H groups in total. The second-order valence-electron chi connectivity index (χ2n) is 7.92. The standard InChI is InChI=1S/C23H22O5/c1-22(2)27-20(25)23(21(26)28-22)18(15-9-5-3-6-10-15)13-17(24)14-19(23)16-11-7-4-8-12-16/h3-12,18-19H,13-14H2,1-2H3/t18-,19+. The number of Topliss-reactive ketones (excluding diaryl/α,β-unsaturated/α-hetero) is 1. The summed E-state index contributed by atoms with van der Waals surface area (Å²) in [6.07, 6.45) is 0.190. The number of hydrogen-bond donors (Lipinski definition) is 0. The van der Waals surface area contributed by atoms with Gasteiger partial charge in [0, 0.05) is 38.5 Å². The van der Waals surface area contributed by atoms with Gasteiger partial charge >= 0.3 is 11.9 Å². The van der Waals surface area contributed by atoms with Crippen LogP contribution in [0.5, 0.6) is 0 Å². The molecule has 1 aliphatic heterocycles. The molecule has 4 rings (SSSR count). The molecule has 0 bridgehead atoms. The minimum absolute atomic E-state index is 0.0127. The summed E-state index contributed by atoms with van der Waals surface area (Å²) in [5, 5.41) is 0. The van der Waals surface area contributed by atoms with Gasteiger partial charge < -0.3 is 9.47 Å². The van der Waals surface area contributed by atoms with Gasteiger partial charge in [-0.25, -0.2) is 0 Å². The molecule has 0 unspecified atom stereocenters. The average Bonchev–Trinajstić information content (AvgIpc) is 2.67. The first-order valence-corrected chi connectivity index (χ1v) is 9.43. The van der Waals surface area contributed by atoms with Crippen molar-refractivity contribution < 1.29 is 23.9 Å². The van der Waals surface area contributed by atoms with Crippen molar-refractivity contribution in [1.29, 1.82) is 0 Å². The van der Waals surface area contributed by atoms with E-state index in [1.54, 1.807) is 13.8 Å². The summed E-state index contributed by atoms with van der Waals surface area (Å²) in [5.41, 5.74) is -0.0817. The summed E-state index contributed by atoms with van der Waals surface area (Å²) in [5.74, 6) is -3.84. The maximum Gasteiger partial charge on any atom is 0.328 e. The Bertz CT molecular complexity index is 843. The molecule has 2 aromatic carbocycles. The highest BCUT2D eigenvalue weighted by molar-refractivity contribution is 6.06. The second-order valence-corrected chi connectivity index (χ2v) is 7.92. The van der Waals surface area contributed by atoms with Crippen LogP contribution in [0, 0.1) is 5.41 Å². The van der Waals surface area contributed by atoms with E-state index >= 15 is 0 Å². The van der Waals surface area contributed by atoms with Crippen molar-refractivity contribution in [2.75, 3.05) is 0 Å². The van der Waals surface area contributed by atoms with Crippen molar-refractivity contribution in [3.05, 3.63) is 71.8 Å². The lowest BCUT2D eigenvalue weighted by Crippen LogP contribution is -2.61. The van der Waals surface area contributed by atoms with Gasteiger partial charge in [0.05, 0.1) is 0 Å². The molecule has 2 atom stereocenters. The lowest BCUT2D eigenvalue weighted by atomic mass is 9.55. The SMILES string of the molecule is CC1(C)OC(=O)C2(C(=O)O1)[C@@H](c1ccccc1)CC(=O)C[C@H]2c1ccccc1. The maximum atomic E-state index is 13.4. The summed E-state index contributed by atoms with van der Waals surface area (Å²) in [6.45, 7) is 3.08. The van der Waals surface area contributed by atoms with Crippen LogP contribution in [-0.4, -0.2) is 23.5 Å². The molecule has 1 aliphatic carbocycles. The largest absolute Gasteiger partial charge is 0.422 e. The van der Waals surface area contributed by atoms with E-state index in [0.29, 0.717) is 0 Å². The first-order valence-electron chi connectivity index (χ1n) is 9.43. The van der Waals surface area contributed by atoms with Crippen molar-refractivity contribution in [1.82, 2.24) is 0 Å². The third-order valence-corrected chi connectivity index (χ3v) is 5.72. The van der Waals surface area contributed by atoms with Crippen LogP contribution < -0.4 is 0 Å². The monoisotopic (exact) mass is 378 g/mol. The topological polar surface area (TPSA) is 69.7 Å². The van der Waals surface area contributed by atoms with Gasteiger partial charge in [-0.15, -0.1) is 0 Å². The Morgan fingerprint density at radius 3 is 1.50 bits per heavy atom. The number of carbonyl (C=O) groups is 3. The van der Waals surface area contributed by atoms with Gasteiger partial charge in [-0.05, 0) is 11.1 Å². The van der Waals surface area contributed by atoms with E-state index in [1.165, 1.54) is 0 Å². The fraction of sp³-hybridized carbons (Fsp3) is 0.348. The molecule has 2 aromatic rings. The van der Waals surface area contributed by atoms with E-state index in [9.17, 15) is 14.4 Å². The smallest absolute Gasteiger partial charge is 0.328 e. The molecule has 144 valence electrons. The van der Waals surface area contributed by atoms with E-state index in [-0.39, 0.29) is 18.6 Å². The van der Waals surface area contributed by atoms with E-state index < -0.39 is 35.0 Å². The Morgan fingerprint density at radius 2 is 1.11 bits per heavy atom. The van der Waals surface area contributed by atoms with Gasteiger partial charge in [0.1, 0.15) is 5.78 Å². The summed E-state index contributed by atoms with van der Waals surface area (Å²) in [6, 6.07) is 18.4. The molecule has 1 saturated carbocycles. The highest BCUT2D eigenvalue weighted by atomic mass is 16.7. The highest BCUT2D eigenvalue weighted by Crippen LogP contribution is 2.57. The molecule has 0 amide bonds. The van der Waals surface area contributed by atoms with E-state index in [4.69, 9.17) is 9.47 Å². The van der Waals surface area contributed by atoms with Crippen LogP contribution in [0.3, 0.4) is 0 Å². The number of rotatable bonds is 2. The fourth-order valence-electron chi connectivity index (χ4n) is 4.52. The molecule has 28 heavy (non-hydrogen) atoms. The molecule has 5 nitrogen and oxygen atoms in total. The second kappa shape index (κ2) is 6.59. The molecule has 0 radical (unpaired) electrons. The van der Waals surface area contributed by atoms with Crippen molar-refractivity contribution in [2.45, 2.75) is 44.3 Å². The van der Waals surface area contributed by atoms with Crippen LogP contribution in [0.2, 0.25) is 0 Å². The zero-order valence-corrected chi connectivity index (χ0v) is 15.9. The number of hydrogen-bond acceptors (Lipinski definition) is 5. The average molecular weight is 378 g/mol. The molecule has 5 heteroatoms. The Labute approximate surface area is 163 Å². The number of cyclic esters (lactones) is 2. The Balaban J connectivity index is 1.94. The molecule has 1 heterocycles. The number of benzene rings is 2. The van der Waals surface area contributed by atoms with Crippen molar-refractivity contribution in [2.24, 2.45) is 5.41 Å². The van der Waals surface area contributed by atoms with Gasteiger partial charge in [0.2, 0.25) is 0 Å².